The van der Waals surface area contributed by atoms with Crippen LogP contribution in [-0.4, -0.2) is 49.3 Å². The molecule has 0 aromatic heterocycles. The van der Waals surface area contributed by atoms with Crippen LogP contribution in [0.2, 0.25) is 0 Å². The Kier molecular flexibility index (Phi) is 39.0. The average molecular weight is 772 g/mol. The second-order valence-corrected chi connectivity index (χ2v) is 16.0. The first-order valence-electron chi connectivity index (χ1n) is 21.8. The predicted octanol–water partition coefficient (Wildman–Crippen LogP) is 12.4. The molecule has 0 bridgehead atoms. The van der Waals surface area contributed by atoms with Crippen molar-refractivity contribution in [3.8, 4) is 0 Å². The number of hydrogen-bond acceptors (Lipinski definition) is 8. The van der Waals surface area contributed by atoms with E-state index < -0.39 is 26.5 Å². The second-order valence-electron chi connectivity index (χ2n) is 14.6. The smallest absolute Gasteiger partial charge is 0.462 e. The van der Waals surface area contributed by atoms with Gasteiger partial charge in [-0.05, 0) is 44.9 Å². The third kappa shape index (κ3) is 40.0. The van der Waals surface area contributed by atoms with Crippen LogP contribution >= 0.6 is 7.82 Å². The molecule has 0 aliphatic rings. The molecular formula is C43H82NO8P. The second kappa shape index (κ2) is 40.2. The normalized spacial score (nSPS) is 13.5. The van der Waals surface area contributed by atoms with Crippen LogP contribution in [0.15, 0.2) is 24.3 Å². The fourth-order valence-corrected chi connectivity index (χ4v) is 6.84. The molecule has 53 heavy (non-hydrogen) atoms. The Labute approximate surface area is 325 Å². The summed E-state index contributed by atoms with van der Waals surface area (Å²) in [6.45, 7) is 3.72. The fourth-order valence-electron chi connectivity index (χ4n) is 6.08. The minimum atomic E-state index is -4.37. The summed E-state index contributed by atoms with van der Waals surface area (Å²) in [5.41, 5.74) is 5.34. The summed E-state index contributed by atoms with van der Waals surface area (Å²) in [7, 11) is -4.37. The number of rotatable bonds is 41. The first-order chi connectivity index (χ1) is 25.8. The van der Waals surface area contributed by atoms with Gasteiger partial charge in [0.15, 0.2) is 6.10 Å². The number of phosphoric acid groups is 1. The third-order valence-corrected chi connectivity index (χ3v) is 10.3. The quantitative estimate of drug-likeness (QED) is 0.0269. The van der Waals surface area contributed by atoms with E-state index in [1.807, 2.05) is 0 Å². The highest BCUT2D eigenvalue weighted by atomic mass is 31.2. The maximum absolute atomic E-state index is 12.6. The van der Waals surface area contributed by atoms with Gasteiger partial charge in [0.2, 0.25) is 0 Å². The van der Waals surface area contributed by atoms with Crippen molar-refractivity contribution in [3.63, 3.8) is 0 Å². The molecule has 2 atom stereocenters. The molecular weight excluding hydrogens is 689 g/mol. The summed E-state index contributed by atoms with van der Waals surface area (Å²) >= 11 is 0. The molecule has 0 aromatic carbocycles. The van der Waals surface area contributed by atoms with E-state index in [0.717, 1.165) is 38.5 Å². The van der Waals surface area contributed by atoms with E-state index in [0.29, 0.717) is 6.42 Å². The lowest BCUT2D eigenvalue weighted by molar-refractivity contribution is -0.161. The highest BCUT2D eigenvalue weighted by Gasteiger charge is 2.26. The molecule has 0 aromatic rings. The minimum absolute atomic E-state index is 0.0546. The molecule has 312 valence electrons. The number of esters is 2. The largest absolute Gasteiger partial charge is 0.472 e. The van der Waals surface area contributed by atoms with Crippen molar-refractivity contribution in [2.24, 2.45) is 5.73 Å². The lowest BCUT2D eigenvalue weighted by Gasteiger charge is -2.19. The number of unbranched alkanes of at least 4 members (excludes halogenated alkanes) is 24. The summed E-state index contributed by atoms with van der Waals surface area (Å²) in [5.74, 6) is -0.826. The monoisotopic (exact) mass is 772 g/mol. The summed E-state index contributed by atoms with van der Waals surface area (Å²) in [6, 6.07) is 0. The lowest BCUT2D eigenvalue weighted by Crippen LogP contribution is -2.29. The maximum atomic E-state index is 12.6. The SMILES string of the molecule is CCCCC/C=C\C/C=C\CCCCCCCCCCCC(=O)OC[C@H](COP(=O)(O)OCCN)OC(=O)CCCCCCCCCCCCCCC. The van der Waals surface area contributed by atoms with Gasteiger partial charge in [0, 0.05) is 19.4 Å². The van der Waals surface area contributed by atoms with Gasteiger partial charge < -0.3 is 20.1 Å². The number of ether oxygens (including phenoxy) is 2. The van der Waals surface area contributed by atoms with E-state index in [1.165, 1.54) is 135 Å². The Balaban J connectivity index is 4.11. The van der Waals surface area contributed by atoms with Crippen LogP contribution in [-0.2, 0) is 32.7 Å². The van der Waals surface area contributed by atoms with Gasteiger partial charge in [0.1, 0.15) is 6.61 Å². The molecule has 0 radical (unpaired) electrons. The summed E-state index contributed by atoms with van der Waals surface area (Å²) in [5, 5.41) is 0. The molecule has 0 rings (SSSR count). The van der Waals surface area contributed by atoms with Crippen molar-refractivity contribution < 1.29 is 37.6 Å². The number of carbonyl (C=O) groups excluding carboxylic acids is 2. The van der Waals surface area contributed by atoms with Crippen molar-refractivity contribution in [3.05, 3.63) is 24.3 Å². The highest BCUT2D eigenvalue weighted by molar-refractivity contribution is 7.47. The van der Waals surface area contributed by atoms with Crippen molar-refractivity contribution in [1.82, 2.24) is 0 Å². The molecule has 0 heterocycles. The maximum Gasteiger partial charge on any atom is 0.472 e. The van der Waals surface area contributed by atoms with Gasteiger partial charge in [-0.1, -0.05) is 173 Å². The Bertz CT molecular complexity index is 928. The minimum Gasteiger partial charge on any atom is -0.462 e. The summed E-state index contributed by atoms with van der Waals surface area (Å²) < 4.78 is 32.8. The molecule has 0 saturated heterocycles. The zero-order chi connectivity index (χ0) is 38.9. The Morgan fingerprint density at radius 3 is 1.47 bits per heavy atom. The molecule has 0 aliphatic carbocycles. The topological polar surface area (TPSA) is 134 Å². The molecule has 0 spiro atoms. The van der Waals surface area contributed by atoms with Crippen LogP contribution in [0.1, 0.15) is 206 Å². The van der Waals surface area contributed by atoms with E-state index >= 15 is 0 Å². The first-order valence-corrected chi connectivity index (χ1v) is 23.3. The fraction of sp³-hybridized carbons (Fsp3) is 0.860. The van der Waals surface area contributed by atoms with Crippen molar-refractivity contribution in [2.75, 3.05) is 26.4 Å². The highest BCUT2D eigenvalue weighted by Crippen LogP contribution is 2.43. The zero-order valence-corrected chi connectivity index (χ0v) is 35.2. The van der Waals surface area contributed by atoms with E-state index in [1.54, 1.807) is 0 Å². The van der Waals surface area contributed by atoms with E-state index in [2.05, 4.69) is 38.2 Å². The standard InChI is InChI=1S/C43H82NO8P/c1-3-5-7-9-11-13-15-17-18-19-20-21-22-24-25-27-29-31-33-35-42(45)49-39-41(40-51-53(47,48)50-38-37-44)52-43(46)36-34-32-30-28-26-23-16-14-12-10-8-6-4-2/h11,13,17-18,41H,3-10,12,14-16,19-40,44H2,1-2H3,(H,47,48)/b13-11-,18-17-/t41-/m1/s1. The van der Waals surface area contributed by atoms with Crippen LogP contribution in [0.25, 0.3) is 0 Å². The molecule has 3 N–H and O–H groups in total. The van der Waals surface area contributed by atoms with Crippen molar-refractivity contribution in [1.29, 1.82) is 0 Å². The van der Waals surface area contributed by atoms with Crippen molar-refractivity contribution in [2.45, 2.75) is 213 Å². The van der Waals surface area contributed by atoms with Crippen molar-refractivity contribution >= 4 is 19.8 Å². The van der Waals surface area contributed by atoms with Gasteiger partial charge in [-0.3, -0.25) is 18.6 Å². The average Bonchev–Trinajstić information content (AvgIpc) is 3.14. The van der Waals surface area contributed by atoms with Gasteiger partial charge >= 0.3 is 19.8 Å². The Hall–Kier alpha value is -1.51. The number of phosphoric ester groups is 1. The van der Waals surface area contributed by atoms with Gasteiger partial charge in [-0.15, -0.1) is 0 Å². The third-order valence-electron chi connectivity index (χ3n) is 9.34. The van der Waals surface area contributed by atoms with Crippen LogP contribution in [0.5, 0.6) is 0 Å². The molecule has 0 aliphatic heterocycles. The molecule has 0 fully saturated rings. The van der Waals surface area contributed by atoms with Gasteiger partial charge in [0.25, 0.3) is 0 Å². The van der Waals surface area contributed by atoms with Crippen LogP contribution in [0.3, 0.4) is 0 Å². The molecule has 0 amide bonds. The van der Waals surface area contributed by atoms with Gasteiger partial charge in [-0.2, -0.15) is 0 Å². The molecule has 1 unspecified atom stereocenters. The number of allylic oxidation sites excluding steroid dienone is 4. The Morgan fingerprint density at radius 1 is 0.566 bits per heavy atom. The van der Waals surface area contributed by atoms with Crippen LogP contribution in [0.4, 0.5) is 0 Å². The van der Waals surface area contributed by atoms with Crippen LogP contribution < -0.4 is 5.73 Å². The zero-order valence-electron chi connectivity index (χ0n) is 34.3. The van der Waals surface area contributed by atoms with E-state index in [4.69, 9.17) is 24.3 Å². The molecule has 10 heteroatoms. The summed E-state index contributed by atoms with van der Waals surface area (Å²) in [4.78, 5) is 34.8. The summed E-state index contributed by atoms with van der Waals surface area (Å²) in [6.07, 6.45) is 42.0. The number of carbonyl (C=O) groups is 2. The molecule has 9 nitrogen and oxygen atoms in total. The van der Waals surface area contributed by atoms with Gasteiger partial charge in [-0.25, -0.2) is 4.57 Å². The first kappa shape index (κ1) is 51.5. The number of hydrogen-bond donors (Lipinski definition) is 2. The molecule has 0 saturated carbocycles. The van der Waals surface area contributed by atoms with E-state index in [-0.39, 0.29) is 38.6 Å². The van der Waals surface area contributed by atoms with E-state index in [9.17, 15) is 19.0 Å². The van der Waals surface area contributed by atoms with Gasteiger partial charge in [0.05, 0.1) is 13.2 Å². The van der Waals surface area contributed by atoms with Crippen LogP contribution in [0, 0.1) is 0 Å². The lowest BCUT2D eigenvalue weighted by atomic mass is 10.0. The Morgan fingerprint density at radius 2 is 0.981 bits per heavy atom. The predicted molar refractivity (Wildman–Crippen MR) is 220 cm³/mol. The number of nitrogens with two attached hydrogens (primary N) is 1.